The molecule has 4 nitrogen and oxygen atoms in total. The number of hydrogen-bond acceptors (Lipinski definition) is 4. The van der Waals surface area contributed by atoms with Crippen molar-refractivity contribution >= 4 is 22.6 Å². The molecule has 1 aromatic carbocycles. The predicted octanol–water partition coefficient (Wildman–Crippen LogP) is 3.07. The lowest BCUT2D eigenvalue weighted by molar-refractivity contribution is 0.0466. The van der Waals surface area contributed by atoms with Gasteiger partial charge in [-0.05, 0) is 48.6 Å². The van der Waals surface area contributed by atoms with E-state index in [1.807, 2.05) is 26.0 Å². The molecule has 0 aliphatic carbocycles. The Balaban J connectivity index is 3.11. The van der Waals surface area contributed by atoms with E-state index in [1.54, 1.807) is 14.2 Å². The highest BCUT2D eigenvalue weighted by Crippen LogP contribution is 2.41. The maximum Gasteiger partial charge on any atom is 0.205 e. The molecule has 0 fully saturated rings. The van der Waals surface area contributed by atoms with Crippen molar-refractivity contribution in [3.05, 3.63) is 15.7 Å². The fourth-order valence-electron chi connectivity index (χ4n) is 1.28. The Morgan fingerprint density at radius 1 is 1.18 bits per heavy atom. The zero-order chi connectivity index (χ0) is 12.8. The first kappa shape index (κ1) is 14.4. The van der Waals surface area contributed by atoms with Crippen molar-refractivity contribution in [2.45, 2.75) is 20.0 Å². The lowest BCUT2D eigenvalue weighted by Crippen LogP contribution is -2.10. The molecule has 5 heteroatoms. The van der Waals surface area contributed by atoms with Crippen LogP contribution in [0.5, 0.6) is 17.2 Å². The van der Waals surface area contributed by atoms with Gasteiger partial charge in [-0.3, -0.25) is 0 Å². The molecule has 0 bridgehead atoms. The monoisotopic (exact) mass is 352 g/mol. The van der Waals surface area contributed by atoms with Gasteiger partial charge < -0.3 is 18.9 Å². The predicted molar refractivity (Wildman–Crippen MR) is 74.0 cm³/mol. The van der Waals surface area contributed by atoms with E-state index in [0.717, 1.165) is 3.57 Å². The smallest absolute Gasteiger partial charge is 0.205 e. The number of benzene rings is 1. The van der Waals surface area contributed by atoms with E-state index in [1.165, 1.54) is 0 Å². The van der Waals surface area contributed by atoms with Gasteiger partial charge >= 0.3 is 0 Å². The minimum absolute atomic E-state index is 0.0481. The molecule has 0 unspecified atom stereocenters. The van der Waals surface area contributed by atoms with E-state index >= 15 is 0 Å². The fraction of sp³-hybridized carbons (Fsp3) is 0.500. The molecular weight excluding hydrogens is 335 g/mol. The first-order chi connectivity index (χ1) is 8.10. The van der Waals surface area contributed by atoms with Gasteiger partial charge in [0.15, 0.2) is 18.3 Å². The average molecular weight is 352 g/mol. The van der Waals surface area contributed by atoms with E-state index in [0.29, 0.717) is 17.2 Å². The van der Waals surface area contributed by atoms with Gasteiger partial charge in [-0.15, -0.1) is 0 Å². The van der Waals surface area contributed by atoms with Gasteiger partial charge in [0.1, 0.15) is 0 Å². The summed E-state index contributed by atoms with van der Waals surface area (Å²) in [6, 6.07) is 3.77. The van der Waals surface area contributed by atoms with E-state index in [4.69, 9.17) is 18.9 Å². The maximum atomic E-state index is 5.73. The Morgan fingerprint density at radius 2 is 1.88 bits per heavy atom. The Labute approximate surface area is 115 Å². The van der Waals surface area contributed by atoms with E-state index in [9.17, 15) is 0 Å². The van der Waals surface area contributed by atoms with Gasteiger partial charge in [-0.25, -0.2) is 0 Å². The molecule has 0 atom stereocenters. The van der Waals surface area contributed by atoms with Crippen LogP contribution in [-0.4, -0.2) is 27.1 Å². The number of halogens is 1. The molecule has 0 aliphatic heterocycles. The lowest BCUT2D eigenvalue weighted by atomic mass is 10.3. The lowest BCUT2D eigenvalue weighted by Gasteiger charge is -2.18. The summed E-state index contributed by atoms with van der Waals surface area (Å²) in [5.41, 5.74) is 0. The van der Waals surface area contributed by atoms with Crippen LogP contribution in [0.2, 0.25) is 0 Å². The first-order valence-corrected chi connectivity index (χ1v) is 6.33. The molecule has 0 amide bonds. The van der Waals surface area contributed by atoms with Crippen LogP contribution >= 0.6 is 22.6 Å². The SMILES string of the molecule is COCOc1c(I)ccc(OC)c1OC(C)C. The summed E-state index contributed by atoms with van der Waals surface area (Å²) in [5.74, 6) is 1.93. The van der Waals surface area contributed by atoms with Crippen LogP contribution in [-0.2, 0) is 4.74 Å². The highest BCUT2D eigenvalue weighted by molar-refractivity contribution is 14.1. The van der Waals surface area contributed by atoms with Crippen molar-refractivity contribution in [1.82, 2.24) is 0 Å². The van der Waals surface area contributed by atoms with Crippen molar-refractivity contribution in [2.24, 2.45) is 0 Å². The molecule has 1 rings (SSSR count). The molecule has 0 aliphatic rings. The van der Waals surface area contributed by atoms with Gasteiger partial charge in [-0.1, -0.05) is 0 Å². The van der Waals surface area contributed by atoms with Crippen molar-refractivity contribution in [3.63, 3.8) is 0 Å². The summed E-state index contributed by atoms with van der Waals surface area (Å²) >= 11 is 2.19. The zero-order valence-corrected chi connectivity index (χ0v) is 12.6. The summed E-state index contributed by atoms with van der Waals surface area (Å²) in [6.07, 6.45) is 0.0481. The van der Waals surface area contributed by atoms with Crippen LogP contribution in [0, 0.1) is 3.57 Å². The first-order valence-electron chi connectivity index (χ1n) is 5.25. The zero-order valence-electron chi connectivity index (χ0n) is 10.5. The average Bonchev–Trinajstić information content (AvgIpc) is 2.28. The molecule has 17 heavy (non-hydrogen) atoms. The highest BCUT2D eigenvalue weighted by Gasteiger charge is 2.17. The highest BCUT2D eigenvalue weighted by atomic mass is 127. The Hall–Kier alpha value is -0.690. The topological polar surface area (TPSA) is 36.9 Å². The van der Waals surface area contributed by atoms with E-state index in [-0.39, 0.29) is 12.9 Å². The molecule has 0 heterocycles. The van der Waals surface area contributed by atoms with Crippen molar-refractivity contribution < 1.29 is 18.9 Å². The second-order valence-corrected chi connectivity index (χ2v) is 4.79. The van der Waals surface area contributed by atoms with Crippen molar-refractivity contribution in [3.8, 4) is 17.2 Å². The Bertz CT molecular complexity index is 366. The molecule has 0 radical (unpaired) electrons. The van der Waals surface area contributed by atoms with Crippen LogP contribution in [0.25, 0.3) is 0 Å². The summed E-state index contributed by atoms with van der Waals surface area (Å²) in [6.45, 7) is 4.09. The van der Waals surface area contributed by atoms with Crippen molar-refractivity contribution in [2.75, 3.05) is 21.0 Å². The minimum Gasteiger partial charge on any atom is -0.493 e. The summed E-state index contributed by atoms with van der Waals surface area (Å²) in [7, 11) is 3.19. The third kappa shape index (κ3) is 3.92. The quantitative estimate of drug-likeness (QED) is 0.583. The molecule has 0 saturated carbocycles. The van der Waals surface area contributed by atoms with Gasteiger partial charge in [-0.2, -0.15) is 0 Å². The summed E-state index contributed by atoms with van der Waals surface area (Å²) in [5, 5.41) is 0. The molecule has 0 saturated heterocycles. The second-order valence-electron chi connectivity index (χ2n) is 3.63. The number of methoxy groups -OCH3 is 2. The summed E-state index contributed by atoms with van der Waals surface area (Å²) < 4.78 is 22.4. The summed E-state index contributed by atoms with van der Waals surface area (Å²) in [4.78, 5) is 0. The number of ether oxygens (including phenoxy) is 4. The molecule has 0 N–H and O–H groups in total. The van der Waals surface area contributed by atoms with Crippen molar-refractivity contribution in [1.29, 1.82) is 0 Å². The fourth-order valence-corrected chi connectivity index (χ4v) is 1.86. The van der Waals surface area contributed by atoms with Crippen LogP contribution in [0.4, 0.5) is 0 Å². The third-order valence-corrected chi connectivity index (χ3v) is 2.77. The van der Waals surface area contributed by atoms with Gasteiger partial charge in [0.25, 0.3) is 0 Å². The van der Waals surface area contributed by atoms with E-state index in [2.05, 4.69) is 22.6 Å². The third-order valence-electron chi connectivity index (χ3n) is 1.92. The number of rotatable bonds is 6. The number of hydrogen-bond donors (Lipinski definition) is 0. The van der Waals surface area contributed by atoms with Crippen LogP contribution in [0.3, 0.4) is 0 Å². The van der Waals surface area contributed by atoms with E-state index < -0.39 is 0 Å². The molecule has 96 valence electrons. The van der Waals surface area contributed by atoms with Gasteiger partial charge in [0.2, 0.25) is 5.75 Å². The molecule has 1 aromatic rings. The van der Waals surface area contributed by atoms with Crippen LogP contribution in [0.1, 0.15) is 13.8 Å². The second kappa shape index (κ2) is 6.90. The molecule has 0 aromatic heterocycles. The largest absolute Gasteiger partial charge is 0.493 e. The maximum absolute atomic E-state index is 5.73. The standard InChI is InChI=1S/C12H17IO4/c1-8(2)17-12-10(15-4)6-5-9(13)11(12)16-7-14-3/h5-6,8H,7H2,1-4H3. The molecule has 0 spiro atoms. The van der Waals surface area contributed by atoms with Crippen LogP contribution < -0.4 is 14.2 Å². The van der Waals surface area contributed by atoms with Gasteiger partial charge in [0.05, 0.1) is 16.8 Å². The van der Waals surface area contributed by atoms with Gasteiger partial charge in [0, 0.05) is 7.11 Å². The normalized spacial score (nSPS) is 10.5. The minimum atomic E-state index is 0.0481. The van der Waals surface area contributed by atoms with Crippen LogP contribution in [0.15, 0.2) is 12.1 Å². The Morgan fingerprint density at radius 3 is 2.41 bits per heavy atom. The Kier molecular flexibility index (Phi) is 5.84. The molecular formula is C12H17IO4.